The molecule has 0 aliphatic rings. The van der Waals surface area contributed by atoms with Crippen molar-refractivity contribution in [3.05, 3.63) is 0 Å². The molecule has 0 heterocycles. The maximum absolute atomic E-state index is 5.24. The Morgan fingerprint density at radius 1 is 1.40 bits per heavy atom. The van der Waals surface area contributed by atoms with E-state index >= 15 is 0 Å². The van der Waals surface area contributed by atoms with Crippen molar-refractivity contribution in [2.75, 3.05) is 24.7 Å². The molecule has 0 bridgehead atoms. The van der Waals surface area contributed by atoms with Gasteiger partial charge in [-0.3, -0.25) is 0 Å². The van der Waals surface area contributed by atoms with Crippen LogP contribution in [0.4, 0.5) is 0 Å². The molecule has 0 aromatic heterocycles. The predicted octanol–water partition coefficient (Wildman–Crippen LogP) is 2.07. The zero-order valence-electron chi connectivity index (χ0n) is 6.67. The minimum atomic E-state index is 0.722. The van der Waals surface area contributed by atoms with Crippen molar-refractivity contribution in [2.45, 2.75) is 19.1 Å². The van der Waals surface area contributed by atoms with Crippen LogP contribution in [0.15, 0.2) is 0 Å². The van der Waals surface area contributed by atoms with E-state index in [1.807, 2.05) is 11.8 Å². The highest BCUT2D eigenvalue weighted by atomic mass is 32.2. The molecule has 0 saturated heterocycles. The molecule has 0 atom stereocenters. The van der Waals surface area contributed by atoms with E-state index in [9.17, 15) is 0 Å². The van der Waals surface area contributed by atoms with Gasteiger partial charge in [0.05, 0.1) is 13.2 Å². The first-order valence-corrected chi connectivity index (χ1v) is 5.25. The Labute approximate surface area is 73.3 Å². The summed E-state index contributed by atoms with van der Waals surface area (Å²) in [6.07, 6.45) is 0. The molecular weight excluding hydrogens is 164 g/mol. The quantitative estimate of drug-likeness (QED) is 0.495. The molecule has 0 aliphatic carbocycles. The summed E-state index contributed by atoms with van der Waals surface area (Å²) in [6.45, 7) is 6.04. The Hall–Kier alpha value is 0.660. The van der Waals surface area contributed by atoms with Crippen LogP contribution in [0.3, 0.4) is 0 Å². The highest BCUT2D eigenvalue weighted by Gasteiger charge is 1.92. The Morgan fingerprint density at radius 2 is 2.10 bits per heavy atom. The van der Waals surface area contributed by atoms with E-state index in [0.29, 0.717) is 0 Å². The third-order valence-corrected chi connectivity index (χ3v) is 2.17. The van der Waals surface area contributed by atoms with Crippen molar-refractivity contribution in [1.29, 1.82) is 0 Å². The van der Waals surface area contributed by atoms with Gasteiger partial charge in [0.15, 0.2) is 0 Å². The molecule has 0 unspecified atom stereocenters. The average molecular weight is 180 g/mol. The van der Waals surface area contributed by atoms with Crippen molar-refractivity contribution >= 4 is 24.4 Å². The highest BCUT2D eigenvalue weighted by molar-refractivity contribution is 7.99. The van der Waals surface area contributed by atoms with E-state index < -0.39 is 0 Å². The van der Waals surface area contributed by atoms with Crippen LogP contribution < -0.4 is 0 Å². The summed E-state index contributed by atoms with van der Waals surface area (Å²) < 4.78 is 5.24. The molecule has 10 heavy (non-hydrogen) atoms. The SMILES string of the molecule is CC(C)SCCOCCS. The summed E-state index contributed by atoms with van der Waals surface area (Å²) in [4.78, 5) is 0. The zero-order chi connectivity index (χ0) is 7.82. The molecule has 0 radical (unpaired) electrons. The minimum absolute atomic E-state index is 0.722. The number of ether oxygens (including phenoxy) is 1. The van der Waals surface area contributed by atoms with Crippen LogP contribution >= 0.6 is 24.4 Å². The van der Waals surface area contributed by atoms with Gasteiger partial charge >= 0.3 is 0 Å². The molecule has 0 aromatic carbocycles. The van der Waals surface area contributed by atoms with Crippen molar-refractivity contribution in [3.8, 4) is 0 Å². The average Bonchev–Trinajstić information content (AvgIpc) is 1.87. The van der Waals surface area contributed by atoms with Crippen LogP contribution in [-0.2, 0) is 4.74 Å². The Balaban J connectivity index is 2.77. The lowest BCUT2D eigenvalue weighted by Crippen LogP contribution is -2.01. The van der Waals surface area contributed by atoms with Gasteiger partial charge in [-0.15, -0.1) is 0 Å². The fraction of sp³-hybridized carbons (Fsp3) is 1.00. The maximum Gasteiger partial charge on any atom is 0.0557 e. The molecule has 0 spiro atoms. The van der Waals surface area contributed by atoms with E-state index in [4.69, 9.17) is 4.74 Å². The van der Waals surface area contributed by atoms with Gasteiger partial charge in [-0.2, -0.15) is 24.4 Å². The van der Waals surface area contributed by atoms with Gasteiger partial charge in [-0.25, -0.2) is 0 Å². The van der Waals surface area contributed by atoms with Crippen LogP contribution in [-0.4, -0.2) is 30.0 Å². The number of hydrogen-bond donors (Lipinski definition) is 1. The lowest BCUT2D eigenvalue weighted by molar-refractivity contribution is 0.167. The third-order valence-electron chi connectivity index (χ3n) is 0.914. The molecule has 0 amide bonds. The van der Waals surface area contributed by atoms with E-state index in [-0.39, 0.29) is 0 Å². The molecule has 0 N–H and O–H groups in total. The number of hydrogen-bond acceptors (Lipinski definition) is 3. The van der Waals surface area contributed by atoms with Crippen molar-refractivity contribution in [1.82, 2.24) is 0 Å². The second-order valence-electron chi connectivity index (χ2n) is 2.26. The molecule has 0 aliphatic heterocycles. The van der Waals surface area contributed by atoms with Crippen LogP contribution in [0, 0.1) is 0 Å². The van der Waals surface area contributed by atoms with Gasteiger partial charge in [-0.05, 0) is 5.25 Å². The third kappa shape index (κ3) is 8.66. The van der Waals surface area contributed by atoms with Crippen LogP contribution in [0.25, 0.3) is 0 Å². The molecule has 3 heteroatoms. The van der Waals surface area contributed by atoms with E-state index in [1.165, 1.54) is 0 Å². The molecule has 62 valence electrons. The highest BCUT2D eigenvalue weighted by Crippen LogP contribution is 2.07. The summed E-state index contributed by atoms with van der Waals surface area (Å²) >= 11 is 5.96. The topological polar surface area (TPSA) is 9.23 Å². The summed E-state index contributed by atoms with van der Waals surface area (Å²) in [5.41, 5.74) is 0. The number of thioether (sulfide) groups is 1. The fourth-order valence-corrected chi connectivity index (χ4v) is 1.32. The van der Waals surface area contributed by atoms with E-state index in [2.05, 4.69) is 26.5 Å². The normalized spacial score (nSPS) is 10.8. The summed E-state index contributed by atoms with van der Waals surface area (Å²) in [7, 11) is 0. The predicted molar refractivity (Wildman–Crippen MR) is 52.3 cm³/mol. The van der Waals surface area contributed by atoms with Crippen LogP contribution in [0.1, 0.15) is 13.8 Å². The van der Waals surface area contributed by atoms with E-state index in [1.54, 1.807) is 0 Å². The van der Waals surface area contributed by atoms with Gasteiger partial charge in [0.2, 0.25) is 0 Å². The lowest BCUT2D eigenvalue weighted by Gasteiger charge is -2.04. The van der Waals surface area contributed by atoms with Gasteiger partial charge in [-0.1, -0.05) is 13.8 Å². The molecular formula is C7H16OS2. The molecule has 1 nitrogen and oxygen atoms in total. The van der Waals surface area contributed by atoms with Crippen molar-refractivity contribution in [3.63, 3.8) is 0 Å². The smallest absolute Gasteiger partial charge is 0.0557 e. The van der Waals surface area contributed by atoms with Crippen molar-refractivity contribution in [2.24, 2.45) is 0 Å². The second kappa shape index (κ2) is 7.76. The van der Waals surface area contributed by atoms with Gasteiger partial charge < -0.3 is 4.74 Å². The first-order valence-electron chi connectivity index (χ1n) is 3.57. The maximum atomic E-state index is 5.24. The summed E-state index contributed by atoms with van der Waals surface area (Å²) in [6, 6.07) is 0. The molecule has 0 fully saturated rings. The van der Waals surface area contributed by atoms with Gasteiger partial charge in [0.1, 0.15) is 0 Å². The van der Waals surface area contributed by atoms with Gasteiger partial charge in [0, 0.05) is 11.5 Å². The van der Waals surface area contributed by atoms with Crippen molar-refractivity contribution < 1.29 is 4.74 Å². The van der Waals surface area contributed by atoms with Crippen LogP contribution in [0.5, 0.6) is 0 Å². The standard InChI is InChI=1S/C7H16OS2/c1-7(2)10-6-4-8-3-5-9/h7,9H,3-6H2,1-2H3. The molecule has 0 aromatic rings. The minimum Gasteiger partial charge on any atom is -0.380 e. The fourth-order valence-electron chi connectivity index (χ4n) is 0.509. The second-order valence-corrected chi connectivity index (χ2v) is 4.39. The van der Waals surface area contributed by atoms with E-state index in [0.717, 1.165) is 30.0 Å². The number of thiol groups is 1. The van der Waals surface area contributed by atoms with Gasteiger partial charge in [0.25, 0.3) is 0 Å². The largest absolute Gasteiger partial charge is 0.380 e. The molecule has 0 rings (SSSR count). The molecule has 0 saturated carbocycles. The lowest BCUT2D eigenvalue weighted by atomic mass is 10.6. The first-order chi connectivity index (χ1) is 4.77. The Kier molecular flexibility index (Phi) is 8.28. The van der Waals surface area contributed by atoms with Crippen LogP contribution in [0.2, 0.25) is 0 Å². The monoisotopic (exact) mass is 180 g/mol. The summed E-state index contributed by atoms with van der Waals surface area (Å²) in [5, 5.41) is 0.722. The number of rotatable bonds is 6. The first kappa shape index (κ1) is 10.7. The zero-order valence-corrected chi connectivity index (χ0v) is 8.38. The Bertz CT molecular complexity index is 66.6. The Morgan fingerprint density at radius 3 is 2.60 bits per heavy atom. The summed E-state index contributed by atoms with van der Waals surface area (Å²) in [5.74, 6) is 1.93.